The molecule has 1 N–H and O–H groups in total. The molecule has 2 aliphatic rings. The predicted molar refractivity (Wildman–Crippen MR) is 91.3 cm³/mol. The predicted octanol–water partition coefficient (Wildman–Crippen LogP) is 2.38. The molecule has 1 aromatic rings. The van der Waals surface area contributed by atoms with Gasteiger partial charge in [-0.1, -0.05) is 43.7 Å². The molecule has 2 heterocycles. The second kappa shape index (κ2) is 7.45. The number of morpholine rings is 1. The minimum absolute atomic E-state index is 0.0422. The molecule has 2 fully saturated rings. The summed E-state index contributed by atoms with van der Waals surface area (Å²) in [6.45, 7) is 5.62. The molecule has 0 saturated carbocycles. The van der Waals surface area contributed by atoms with Gasteiger partial charge in [0.25, 0.3) is 0 Å². The van der Waals surface area contributed by atoms with Gasteiger partial charge in [0.05, 0.1) is 11.6 Å². The van der Waals surface area contributed by atoms with E-state index in [-0.39, 0.29) is 24.2 Å². The molecule has 1 aromatic carbocycles. The number of piperidine rings is 1. The van der Waals surface area contributed by atoms with E-state index in [1.165, 1.54) is 5.56 Å². The number of ether oxygens (including phenoxy) is 1. The number of rotatable bonds is 5. The minimum atomic E-state index is -0.132. The van der Waals surface area contributed by atoms with E-state index in [9.17, 15) is 4.79 Å². The first kappa shape index (κ1) is 16.5. The van der Waals surface area contributed by atoms with Crippen molar-refractivity contribution in [2.45, 2.75) is 50.7 Å². The van der Waals surface area contributed by atoms with Crippen LogP contribution < -0.4 is 5.32 Å². The number of carbonyl (C=O) groups is 1. The zero-order chi connectivity index (χ0) is 16.1. The molecule has 3 rings (SSSR count). The van der Waals surface area contributed by atoms with E-state index in [0.29, 0.717) is 0 Å². The SMILES string of the molecule is CCCC1NC(=O)COC12CCN(CCc1ccccc1)CC2. The molecule has 0 radical (unpaired) electrons. The Bertz CT molecular complexity index is 509. The molecule has 4 heteroatoms. The number of benzene rings is 1. The van der Waals surface area contributed by atoms with Crippen LogP contribution in [0.3, 0.4) is 0 Å². The molecular formula is C19H28N2O2. The highest BCUT2D eigenvalue weighted by Gasteiger charge is 2.45. The molecule has 1 amide bonds. The third kappa shape index (κ3) is 3.93. The Kier molecular flexibility index (Phi) is 5.34. The number of hydrogen-bond acceptors (Lipinski definition) is 3. The molecule has 23 heavy (non-hydrogen) atoms. The van der Waals surface area contributed by atoms with Crippen LogP contribution in [0.1, 0.15) is 38.2 Å². The van der Waals surface area contributed by atoms with Gasteiger partial charge in [-0.2, -0.15) is 0 Å². The molecule has 1 atom stereocenters. The van der Waals surface area contributed by atoms with Crippen LogP contribution in [-0.2, 0) is 16.0 Å². The van der Waals surface area contributed by atoms with Gasteiger partial charge in [0.2, 0.25) is 5.91 Å². The van der Waals surface area contributed by atoms with E-state index in [1.54, 1.807) is 0 Å². The van der Waals surface area contributed by atoms with Gasteiger partial charge in [-0.15, -0.1) is 0 Å². The van der Waals surface area contributed by atoms with Gasteiger partial charge in [-0.05, 0) is 31.2 Å². The highest BCUT2D eigenvalue weighted by molar-refractivity contribution is 5.78. The largest absolute Gasteiger partial charge is 0.363 e. The third-order valence-corrected chi connectivity index (χ3v) is 5.30. The summed E-state index contributed by atoms with van der Waals surface area (Å²) in [7, 11) is 0. The van der Waals surface area contributed by atoms with Crippen LogP contribution in [0.25, 0.3) is 0 Å². The van der Waals surface area contributed by atoms with E-state index in [1.807, 2.05) is 0 Å². The summed E-state index contributed by atoms with van der Waals surface area (Å²) in [5.74, 6) is 0.0422. The maximum atomic E-state index is 11.7. The summed E-state index contributed by atoms with van der Waals surface area (Å²) in [6.07, 6.45) is 5.23. The van der Waals surface area contributed by atoms with Crippen LogP contribution >= 0.6 is 0 Å². The maximum Gasteiger partial charge on any atom is 0.246 e. The van der Waals surface area contributed by atoms with E-state index in [2.05, 4.69) is 47.5 Å². The fraction of sp³-hybridized carbons (Fsp3) is 0.632. The number of carbonyl (C=O) groups excluding carboxylic acids is 1. The molecular weight excluding hydrogens is 288 g/mol. The van der Waals surface area contributed by atoms with Crippen molar-refractivity contribution in [1.29, 1.82) is 0 Å². The number of nitrogens with zero attached hydrogens (tertiary/aromatic N) is 1. The zero-order valence-electron chi connectivity index (χ0n) is 14.1. The Hall–Kier alpha value is -1.39. The first-order chi connectivity index (χ1) is 11.2. The summed E-state index contributed by atoms with van der Waals surface area (Å²) in [5, 5.41) is 3.17. The number of likely N-dealkylation sites (tertiary alicyclic amines) is 1. The number of amides is 1. The van der Waals surface area contributed by atoms with Gasteiger partial charge in [-0.25, -0.2) is 0 Å². The highest BCUT2D eigenvalue weighted by Crippen LogP contribution is 2.34. The van der Waals surface area contributed by atoms with Gasteiger partial charge >= 0.3 is 0 Å². The second-order valence-corrected chi connectivity index (χ2v) is 6.84. The monoisotopic (exact) mass is 316 g/mol. The van der Waals surface area contributed by atoms with Crippen LogP contribution in [0.15, 0.2) is 30.3 Å². The van der Waals surface area contributed by atoms with Crippen molar-refractivity contribution in [3.8, 4) is 0 Å². The summed E-state index contributed by atoms with van der Waals surface area (Å²) in [4.78, 5) is 14.2. The molecule has 126 valence electrons. The van der Waals surface area contributed by atoms with Crippen molar-refractivity contribution >= 4 is 5.91 Å². The van der Waals surface area contributed by atoms with Crippen molar-refractivity contribution < 1.29 is 9.53 Å². The van der Waals surface area contributed by atoms with Crippen LogP contribution in [0, 0.1) is 0 Å². The standard InChI is InChI=1S/C19H28N2O2/c1-2-6-17-19(23-15-18(22)20-17)10-13-21(14-11-19)12-9-16-7-4-3-5-8-16/h3-5,7-8,17H,2,6,9-15H2,1H3,(H,20,22). The summed E-state index contributed by atoms with van der Waals surface area (Å²) in [6, 6.07) is 10.9. The quantitative estimate of drug-likeness (QED) is 0.907. The molecule has 1 unspecified atom stereocenters. The van der Waals surface area contributed by atoms with Crippen LogP contribution in [0.2, 0.25) is 0 Å². The highest BCUT2D eigenvalue weighted by atomic mass is 16.5. The molecule has 4 nitrogen and oxygen atoms in total. The lowest BCUT2D eigenvalue weighted by molar-refractivity contribution is -0.161. The van der Waals surface area contributed by atoms with E-state index in [4.69, 9.17) is 4.74 Å². The van der Waals surface area contributed by atoms with Crippen molar-refractivity contribution in [2.75, 3.05) is 26.2 Å². The number of hydrogen-bond donors (Lipinski definition) is 1. The molecule has 1 spiro atoms. The van der Waals surface area contributed by atoms with Gasteiger partial charge in [-0.3, -0.25) is 4.79 Å². The van der Waals surface area contributed by atoms with Crippen molar-refractivity contribution in [2.24, 2.45) is 0 Å². The van der Waals surface area contributed by atoms with Gasteiger partial charge in [0.1, 0.15) is 6.61 Å². The topological polar surface area (TPSA) is 41.6 Å². The number of nitrogens with one attached hydrogen (secondary N) is 1. The van der Waals surface area contributed by atoms with Crippen molar-refractivity contribution in [3.63, 3.8) is 0 Å². The van der Waals surface area contributed by atoms with Gasteiger partial charge < -0.3 is 15.0 Å². The lowest BCUT2D eigenvalue weighted by Crippen LogP contribution is -2.63. The Labute approximate surface area is 139 Å². The molecule has 0 bridgehead atoms. The Morgan fingerprint density at radius 2 is 2.00 bits per heavy atom. The fourth-order valence-corrected chi connectivity index (χ4v) is 3.88. The average Bonchev–Trinajstić information content (AvgIpc) is 2.59. The molecule has 0 aliphatic carbocycles. The van der Waals surface area contributed by atoms with E-state index >= 15 is 0 Å². The summed E-state index contributed by atoms with van der Waals surface area (Å²) < 4.78 is 6.06. The van der Waals surface area contributed by atoms with Gasteiger partial charge in [0, 0.05) is 19.6 Å². The Morgan fingerprint density at radius 3 is 2.70 bits per heavy atom. The molecule has 2 aliphatic heterocycles. The lowest BCUT2D eigenvalue weighted by atomic mass is 9.80. The first-order valence-electron chi connectivity index (χ1n) is 8.91. The first-order valence-corrected chi connectivity index (χ1v) is 8.91. The zero-order valence-corrected chi connectivity index (χ0v) is 14.1. The fourth-order valence-electron chi connectivity index (χ4n) is 3.88. The van der Waals surface area contributed by atoms with E-state index in [0.717, 1.165) is 51.7 Å². The Morgan fingerprint density at radius 1 is 1.26 bits per heavy atom. The van der Waals surface area contributed by atoms with Crippen LogP contribution in [-0.4, -0.2) is 48.7 Å². The van der Waals surface area contributed by atoms with Gasteiger partial charge in [0.15, 0.2) is 0 Å². The van der Waals surface area contributed by atoms with Crippen LogP contribution in [0.5, 0.6) is 0 Å². The van der Waals surface area contributed by atoms with Crippen molar-refractivity contribution in [1.82, 2.24) is 10.2 Å². The molecule has 0 aromatic heterocycles. The smallest absolute Gasteiger partial charge is 0.246 e. The Balaban J connectivity index is 1.53. The second-order valence-electron chi connectivity index (χ2n) is 6.84. The lowest BCUT2D eigenvalue weighted by Gasteiger charge is -2.48. The normalized spacial score (nSPS) is 24.6. The summed E-state index contributed by atoms with van der Waals surface area (Å²) >= 11 is 0. The molecule has 2 saturated heterocycles. The maximum absolute atomic E-state index is 11.7. The third-order valence-electron chi connectivity index (χ3n) is 5.30. The van der Waals surface area contributed by atoms with Crippen molar-refractivity contribution in [3.05, 3.63) is 35.9 Å². The minimum Gasteiger partial charge on any atom is -0.363 e. The summed E-state index contributed by atoms with van der Waals surface area (Å²) in [5.41, 5.74) is 1.27. The van der Waals surface area contributed by atoms with E-state index < -0.39 is 0 Å². The van der Waals surface area contributed by atoms with Crippen LogP contribution in [0.4, 0.5) is 0 Å². The average molecular weight is 316 g/mol.